The Morgan fingerprint density at radius 1 is 0.630 bits per heavy atom. The molecule has 2 N–H and O–H groups in total. The highest BCUT2D eigenvalue weighted by molar-refractivity contribution is 6.71. The molecule has 258 valence electrons. The van der Waals surface area contributed by atoms with Gasteiger partial charge in [0.1, 0.15) is 11.5 Å². The normalized spacial score (nSPS) is 29.3. The number of benzene rings is 2. The molecule has 6 heteroatoms. The van der Waals surface area contributed by atoms with Crippen LogP contribution in [0.15, 0.2) is 36.4 Å². The van der Waals surface area contributed by atoms with Gasteiger partial charge in [0.25, 0.3) is 0 Å². The highest BCUT2D eigenvalue weighted by atomic mass is 28.4. The minimum atomic E-state index is -2.04. The molecule has 0 radical (unpaired) electrons. The summed E-state index contributed by atoms with van der Waals surface area (Å²) in [6.07, 6.45) is 7.30. The van der Waals surface area contributed by atoms with Crippen molar-refractivity contribution in [3.05, 3.63) is 47.5 Å². The van der Waals surface area contributed by atoms with Gasteiger partial charge in [-0.05, 0) is 112 Å². The molecule has 0 spiro atoms. The zero-order valence-electron chi connectivity index (χ0n) is 31.3. The molecule has 2 fully saturated rings. The Bertz CT molecular complexity index is 1220. The van der Waals surface area contributed by atoms with E-state index in [1.807, 2.05) is 0 Å². The Kier molecular flexibility index (Phi) is 11.4. The van der Waals surface area contributed by atoms with Crippen LogP contribution in [0.5, 0.6) is 11.5 Å². The van der Waals surface area contributed by atoms with Crippen LogP contribution in [0.25, 0.3) is 11.1 Å². The van der Waals surface area contributed by atoms with Gasteiger partial charge in [0.2, 0.25) is 16.6 Å². The monoisotopic (exact) mass is 666 g/mol. The van der Waals surface area contributed by atoms with Gasteiger partial charge in [-0.2, -0.15) is 0 Å². The zero-order valence-corrected chi connectivity index (χ0v) is 33.3. The minimum Gasteiger partial charge on any atom is -0.544 e. The van der Waals surface area contributed by atoms with Crippen molar-refractivity contribution in [2.24, 2.45) is 35.5 Å². The van der Waals surface area contributed by atoms with Gasteiger partial charge >= 0.3 is 0 Å². The lowest BCUT2D eigenvalue weighted by molar-refractivity contribution is -0.0801. The van der Waals surface area contributed by atoms with Crippen LogP contribution in [0.1, 0.15) is 91.2 Å². The van der Waals surface area contributed by atoms with Gasteiger partial charge in [-0.15, -0.1) is 0 Å². The van der Waals surface area contributed by atoms with Crippen LogP contribution >= 0.6 is 0 Å². The van der Waals surface area contributed by atoms with E-state index >= 15 is 0 Å². The summed E-state index contributed by atoms with van der Waals surface area (Å²) in [4.78, 5) is 0. The number of rotatable bonds is 11. The fraction of sp³-hybridized carbons (Fsp3) is 0.700. The van der Waals surface area contributed by atoms with Crippen LogP contribution < -0.4 is 8.85 Å². The van der Waals surface area contributed by atoms with E-state index in [0.717, 1.165) is 59.4 Å². The Morgan fingerprint density at radius 3 is 1.28 bits per heavy atom. The van der Waals surface area contributed by atoms with Crippen molar-refractivity contribution in [2.75, 3.05) is 0 Å². The molecule has 2 saturated carbocycles. The van der Waals surface area contributed by atoms with E-state index in [2.05, 4.69) is 117 Å². The van der Waals surface area contributed by atoms with Crippen molar-refractivity contribution < 1.29 is 19.1 Å². The van der Waals surface area contributed by atoms with Gasteiger partial charge in [-0.3, -0.25) is 0 Å². The number of para-hydroxylation sites is 2. The Labute approximate surface area is 284 Å². The van der Waals surface area contributed by atoms with Gasteiger partial charge in [0.05, 0.1) is 11.2 Å². The predicted octanol–water partition coefficient (Wildman–Crippen LogP) is 10.5. The molecule has 2 aromatic rings. The van der Waals surface area contributed by atoms with E-state index in [-0.39, 0.29) is 11.8 Å². The third-order valence-electron chi connectivity index (χ3n) is 10.6. The van der Waals surface area contributed by atoms with E-state index in [0.29, 0.717) is 36.5 Å². The maximum absolute atomic E-state index is 12.4. The summed E-state index contributed by atoms with van der Waals surface area (Å²) in [6, 6.07) is 13.0. The van der Waals surface area contributed by atoms with E-state index in [4.69, 9.17) is 8.85 Å². The molecule has 2 aromatic carbocycles. The van der Waals surface area contributed by atoms with Crippen LogP contribution in [0, 0.1) is 35.5 Å². The summed E-state index contributed by atoms with van der Waals surface area (Å²) >= 11 is 0. The van der Waals surface area contributed by atoms with Gasteiger partial charge in [0, 0.05) is 24.0 Å². The molecule has 0 aromatic heterocycles. The van der Waals surface area contributed by atoms with Crippen LogP contribution in [0.3, 0.4) is 0 Å². The smallest absolute Gasteiger partial charge is 0.242 e. The summed E-state index contributed by atoms with van der Waals surface area (Å²) in [7, 11) is -4.09. The third-order valence-corrected chi connectivity index (χ3v) is 12.3. The van der Waals surface area contributed by atoms with E-state index < -0.39 is 27.8 Å². The predicted molar refractivity (Wildman–Crippen MR) is 200 cm³/mol. The SMILES string of the molecule is CC(C)[C@@H]1CC[C@@H](C)C[C@@]1(O)Cc1cccc(-c2cccc(C[C@]3(O)C[C@H](C)CC[C@H]3C(C)C)c2O[Si](C)(C)C)c1O[Si](C)(C)C. The lowest BCUT2D eigenvalue weighted by atomic mass is 9.64. The van der Waals surface area contributed by atoms with Crippen molar-refractivity contribution >= 4 is 16.6 Å². The van der Waals surface area contributed by atoms with Gasteiger partial charge in [-0.1, -0.05) is 90.8 Å². The van der Waals surface area contributed by atoms with Crippen LogP contribution in [0.2, 0.25) is 39.3 Å². The number of hydrogen-bond acceptors (Lipinski definition) is 4. The van der Waals surface area contributed by atoms with Crippen molar-refractivity contribution in [3.63, 3.8) is 0 Å². The highest BCUT2D eigenvalue weighted by Gasteiger charge is 2.45. The van der Waals surface area contributed by atoms with Gasteiger partial charge < -0.3 is 19.1 Å². The molecule has 6 atom stereocenters. The number of aliphatic hydroxyl groups is 2. The zero-order chi connectivity index (χ0) is 34.2. The summed E-state index contributed by atoms with van der Waals surface area (Å²) < 4.78 is 14.0. The molecule has 46 heavy (non-hydrogen) atoms. The molecule has 0 bridgehead atoms. The maximum Gasteiger partial charge on any atom is 0.242 e. The molecule has 0 unspecified atom stereocenters. The van der Waals surface area contributed by atoms with Crippen molar-refractivity contribution in [1.29, 1.82) is 0 Å². The minimum absolute atomic E-state index is 0.258. The largest absolute Gasteiger partial charge is 0.544 e. The molecule has 4 rings (SSSR count). The van der Waals surface area contributed by atoms with Crippen molar-refractivity contribution in [3.8, 4) is 22.6 Å². The summed E-state index contributed by atoms with van der Waals surface area (Å²) in [5, 5.41) is 24.7. The first-order valence-corrected chi connectivity index (χ1v) is 25.1. The Balaban J connectivity index is 1.89. The topological polar surface area (TPSA) is 58.9 Å². The fourth-order valence-corrected chi connectivity index (χ4v) is 10.6. The van der Waals surface area contributed by atoms with Crippen molar-refractivity contribution in [1.82, 2.24) is 0 Å². The molecule has 0 amide bonds. The number of hydrogen-bond donors (Lipinski definition) is 2. The molecule has 4 nitrogen and oxygen atoms in total. The Morgan fingerprint density at radius 2 is 0.978 bits per heavy atom. The van der Waals surface area contributed by atoms with Crippen LogP contribution in [-0.4, -0.2) is 38.0 Å². The Hall–Kier alpha value is -1.61. The van der Waals surface area contributed by atoms with E-state index in [1.165, 1.54) is 12.8 Å². The third kappa shape index (κ3) is 8.89. The first-order valence-electron chi connectivity index (χ1n) is 18.3. The average molecular weight is 667 g/mol. The maximum atomic E-state index is 12.4. The second-order valence-corrected chi connectivity index (χ2v) is 26.9. The van der Waals surface area contributed by atoms with Crippen LogP contribution in [0.4, 0.5) is 0 Å². The van der Waals surface area contributed by atoms with E-state index in [9.17, 15) is 10.2 Å². The molecule has 0 heterocycles. The molecular formula is C40H66O4Si2. The van der Waals surface area contributed by atoms with Gasteiger partial charge in [0.15, 0.2) is 0 Å². The molecule has 2 aliphatic carbocycles. The standard InChI is InChI=1S/C40H66O4Si2/c1-27(2)35-21-19-29(5)23-39(35,41)25-31-15-13-17-33(37(31)43-45(7,8)9)34-18-14-16-32(38(34)44-46(10,11)12)26-40(42)24-30(6)20-22-36(40)28(3)4/h13-18,27-30,35-36,41-42H,19-26H2,1-12H3/t29-,30-,35+,36+,39-,40-/m1/s1. The lowest BCUT2D eigenvalue weighted by Crippen LogP contribution is -2.47. The summed E-state index contributed by atoms with van der Waals surface area (Å²) in [6.45, 7) is 27.1. The first kappa shape index (κ1) is 37.2. The van der Waals surface area contributed by atoms with Crippen LogP contribution in [-0.2, 0) is 12.8 Å². The first-order chi connectivity index (χ1) is 21.2. The highest BCUT2D eigenvalue weighted by Crippen LogP contribution is 2.49. The molecule has 0 aliphatic heterocycles. The lowest BCUT2D eigenvalue weighted by Gasteiger charge is -2.45. The van der Waals surface area contributed by atoms with E-state index in [1.54, 1.807) is 0 Å². The second-order valence-electron chi connectivity index (χ2n) is 18.1. The summed E-state index contributed by atoms with van der Waals surface area (Å²) in [5.74, 6) is 4.15. The van der Waals surface area contributed by atoms with Crippen molar-refractivity contribution in [2.45, 2.75) is 143 Å². The molecule has 2 aliphatic rings. The average Bonchev–Trinajstić information content (AvgIpc) is 2.88. The molecule has 0 saturated heterocycles. The van der Waals surface area contributed by atoms with Gasteiger partial charge in [-0.25, -0.2) is 0 Å². The fourth-order valence-electron chi connectivity index (χ4n) is 8.88. The quantitative estimate of drug-likeness (QED) is 0.234. The molecular weight excluding hydrogens is 601 g/mol. The second kappa shape index (κ2) is 14.1. The summed E-state index contributed by atoms with van der Waals surface area (Å²) in [5.41, 5.74) is 2.71.